The average molecular weight is 304 g/mol. The van der Waals surface area contributed by atoms with E-state index in [1.807, 2.05) is 11.6 Å². The van der Waals surface area contributed by atoms with Crippen molar-refractivity contribution in [1.29, 1.82) is 0 Å². The first kappa shape index (κ1) is 14.8. The molecule has 0 spiro atoms. The lowest BCUT2D eigenvalue weighted by Gasteiger charge is -2.21. The monoisotopic (exact) mass is 304 g/mol. The summed E-state index contributed by atoms with van der Waals surface area (Å²) in [6.45, 7) is 2.02. The van der Waals surface area contributed by atoms with E-state index >= 15 is 0 Å². The number of aromatic nitrogens is 3. The molecular formula is C11H20N4O2S2. The minimum Gasteiger partial charge on any atom is -0.316 e. The van der Waals surface area contributed by atoms with Crippen molar-refractivity contribution in [3.05, 3.63) is 5.82 Å². The third kappa shape index (κ3) is 4.19. The summed E-state index contributed by atoms with van der Waals surface area (Å²) in [5, 5.41) is 12.6. The summed E-state index contributed by atoms with van der Waals surface area (Å²) in [6.07, 6.45) is 3.55. The second-order valence-corrected chi connectivity index (χ2v) is 8.24. The molecule has 1 aliphatic rings. The highest BCUT2D eigenvalue weighted by molar-refractivity contribution is 8.00. The molecule has 1 aliphatic heterocycles. The molecule has 2 rings (SSSR count). The molecule has 0 aromatic carbocycles. The lowest BCUT2D eigenvalue weighted by molar-refractivity contribution is 0.436. The Morgan fingerprint density at radius 3 is 2.89 bits per heavy atom. The van der Waals surface area contributed by atoms with Gasteiger partial charge in [0, 0.05) is 31.5 Å². The number of nitrogens with one attached hydrogen (secondary N) is 1. The first-order valence-electron chi connectivity index (χ1n) is 6.38. The summed E-state index contributed by atoms with van der Waals surface area (Å²) in [6, 6.07) is 0. The number of sulfone groups is 1. The van der Waals surface area contributed by atoms with Gasteiger partial charge in [0.05, 0.1) is 5.75 Å². The highest BCUT2D eigenvalue weighted by Crippen LogP contribution is 2.24. The van der Waals surface area contributed by atoms with Crippen LogP contribution in [0.5, 0.6) is 0 Å². The van der Waals surface area contributed by atoms with Crippen LogP contribution in [0.25, 0.3) is 0 Å². The Morgan fingerprint density at radius 2 is 2.26 bits per heavy atom. The van der Waals surface area contributed by atoms with Crippen LogP contribution in [0.15, 0.2) is 5.16 Å². The SMILES string of the molecule is Cn1c(SCCS(C)(=O)=O)nnc1C1CCCNC1. The molecule has 1 aromatic heterocycles. The number of hydrogen-bond acceptors (Lipinski definition) is 6. The van der Waals surface area contributed by atoms with Gasteiger partial charge in [-0.1, -0.05) is 11.8 Å². The Balaban J connectivity index is 1.97. The normalized spacial score (nSPS) is 20.6. The molecule has 0 bridgehead atoms. The van der Waals surface area contributed by atoms with Gasteiger partial charge in [0.25, 0.3) is 0 Å². The minimum absolute atomic E-state index is 0.171. The Kier molecular flexibility index (Phi) is 4.86. The highest BCUT2D eigenvalue weighted by atomic mass is 32.2. The first-order chi connectivity index (χ1) is 8.97. The Labute approximate surface area is 118 Å². The summed E-state index contributed by atoms with van der Waals surface area (Å²) in [7, 11) is -0.958. The van der Waals surface area contributed by atoms with Crippen LogP contribution in [0.2, 0.25) is 0 Å². The van der Waals surface area contributed by atoms with Gasteiger partial charge in [0.1, 0.15) is 15.7 Å². The molecule has 0 amide bonds. The van der Waals surface area contributed by atoms with Gasteiger partial charge in [-0.15, -0.1) is 10.2 Å². The maximum Gasteiger partial charge on any atom is 0.190 e. The Hall–Kier alpha value is -0.600. The highest BCUT2D eigenvalue weighted by Gasteiger charge is 2.21. The maximum atomic E-state index is 11.1. The van der Waals surface area contributed by atoms with Crippen LogP contribution in [-0.4, -0.2) is 54.0 Å². The Morgan fingerprint density at radius 1 is 1.47 bits per heavy atom. The zero-order valence-electron chi connectivity index (χ0n) is 11.3. The van der Waals surface area contributed by atoms with Gasteiger partial charge in [0.2, 0.25) is 0 Å². The van der Waals surface area contributed by atoms with Crippen LogP contribution in [0, 0.1) is 0 Å². The van der Waals surface area contributed by atoms with Gasteiger partial charge in [0.15, 0.2) is 5.16 Å². The molecule has 2 heterocycles. The van der Waals surface area contributed by atoms with Gasteiger partial charge in [-0.3, -0.25) is 0 Å². The quantitative estimate of drug-likeness (QED) is 0.795. The van der Waals surface area contributed by atoms with Gasteiger partial charge in [-0.05, 0) is 19.4 Å². The first-order valence-corrected chi connectivity index (χ1v) is 9.42. The van der Waals surface area contributed by atoms with Crippen molar-refractivity contribution < 1.29 is 8.42 Å². The standard InChI is InChI=1S/C11H20N4O2S2/c1-15-10(9-4-3-5-12-8-9)13-14-11(15)18-6-7-19(2,16)17/h9,12H,3-8H2,1-2H3. The number of hydrogen-bond donors (Lipinski definition) is 1. The second-order valence-electron chi connectivity index (χ2n) is 4.92. The van der Waals surface area contributed by atoms with E-state index in [0.29, 0.717) is 11.7 Å². The average Bonchev–Trinajstić information content (AvgIpc) is 2.71. The van der Waals surface area contributed by atoms with Crippen LogP contribution < -0.4 is 5.32 Å². The predicted octanol–water partition coefficient (Wildman–Crippen LogP) is 0.419. The number of thioether (sulfide) groups is 1. The minimum atomic E-state index is -2.91. The fourth-order valence-corrected chi connectivity index (χ4v) is 4.28. The van der Waals surface area contributed by atoms with E-state index in [9.17, 15) is 8.42 Å². The molecule has 0 saturated carbocycles. The molecule has 0 radical (unpaired) electrons. The third-order valence-corrected chi connectivity index (χ3v) is 5.44. The molecule has 1 fully saturated rings. The van der Waals surface area contributed by atoms with Gasteiger partial charge in [-0.25, -0.2) is 8.42 Å². The van der Waals surface area contributed by atoms with E-state index in [2.05, 4.69) is 15.5 Å². The zero-order chi connectivity index (χ0) is 13.9. The lowest BCUT2D eigenvalue weighted by atomic mass is 9.99. The topological polar surface area (TPSA) is 76.9 Å². The van der Waals surface area contributed by atoms with E-state index in [-0.39, 0.29) is 5.75 Å². The van der Waals surface area contributed by atoms with E-state index in [0.717, 1.165) is 36.9 Å². The van der Waals surface area contributed by atoms with Crippen molar-refractivity contribution in [2.24, 2.45) is 7.05 Å². The largest absolute Gasteiger partial charge is 0.316 e. The van der Waals surface area contributed by atoms with Crippen molar-refractivity contribution in [3.63, 3.8) is 0 Å². The summed E-state index contributed by atoms with van der Waals surface area (Å²) in [4.78, 5) is 0. The van der Waals surface area contributed by atoms with E-state index < -0.39 is 9.84 Å². The lowest BCUT2D eigenvalue weighted by Crippen LogP contribution is -2.29. The summed E-state index contributed by atoms with van der Waals surface area (Å²) in [5.74, 6) is 2.10. The number of piperidine rings is 1. The smallest absolute Gasteiger partial charge is 0.190 e. The number of nitrogens with zero attached hydrogens (tertiary/aromatic N) is 3. The molecule has 6 nitrogen and oxygen atoms in total. The second kappa shape index (κ2) is 6.23. The fraction of sp³-hybridized carbons (Fsp3) is 0.818. The van der Waals surface area contributed by atoms with Crippen LogP contribution in [0.3, 0.4) is 0 Å². The molecular weight excluding hydrogens is 284 g/mol. The molecule has 1 atom stereocenters. The predicted molar refractivity (Wildman–Crippen MR) is 76.3 cm³/mol. The van der Waals surface area contributed by atoms with Crippen molar-refractivity contribution in [2.75, 3.05) is 30.9 Å². The van der Waals surface area contributed by atoms with E-state index in [1.165, 1.54) is 18.0 Å². The summed E-state index contributed by atoms with van der Waals surface area (Å²) >= 11 is 1.45. The molecule has 0 aliphatic carbocycles. The van der Waals surface area contributed by atoms with Crippen molar-refractivity contribution >= 4 is 21.6 Å². The fourth-order valence-electron chi connectivity index (χ4n) is 2.16. The van der Waals surface area contributed by atoms with E-state index in [1.54, 1.807) is 0 Å². The Bertz CT molecular complexity index is 521. The van der Waals surface area contributed by atoms with Gasteiger partial charge in [-0.2, -0.15) is 0 Å². The van der Waals surface area contributed by atoms with Crippen LogP contribution in [0.1, 0.15) is 24.6 Å². The molecule has 1 aromatic rings. The molecule has 8 heteroatoms. The number of rotatable bonds is 5. The van der Waals surface area contributed by atoms with Crippen LogP contribution in [0.4, 0.5) is 0 Å². The molecule has 1 saturated heterocycles. The third-order valence-electron chi connectivity index (χ3n) is 3.22. The van der Waals surface area contributed by atoms with Crippen molar-refractivity contribution in [1.82, 2.24) is 20.1 Å². The molecule has 1 N–H and O–H groups in total. The van der Waals surface area contributed by atoms with E-state index in [4.69, 9.17) is 0 Å². The van der Waals surface area contributed by atoms with Crippen molar-refractivity contribution in [2.45, 2.75) is 23.9 Å². The summed E-state index contributed by atoms with van der Waals surface area (Å²) < 4.78 is 24.2. The van der Waals surface area contributed by atoms with Crippen molar-refractivity contribution in [3.8, 4) is 0 Å². The van der Waals surface area contributed by atoms with Crippen LogP contribution >= 0.6 is 11.8 Å². The van der Waals surface area contributed by atoms with Crippen LogP contribution in [-0.2, 0) is 16.9 Å². The maximum absolute atomic E-state index is 11.1. The molecule has 108 valence electrons. The molecule has 19 heavy (non-hydrogen) atoms. The van der Waals surface area contributed by atoms with Gasteiger partial charge < -0.3 is 9.88 Å². The summed E-state index contributed by atoms with van der Waals surface area (Å²) in [5.41, 5.74) is 0. The molecule has 1 unspecified atom stereocenters. The van der Waals surface area contributed by atoms with Gasteiger partial charge >= 0.3 is 0 Å². The zero-order valence-corrected chi connectivity index (χ0v) is 12.9.